The molecule has 2 aliphatic rings. The van der Waals surface area contributed by atoms with Crippen LogP contribution in [0.1, 0.15) is 41.6 Å². The zero-order valence-corrected chi connectivity index (χ0v) is 28.0. The highest BCUT2D eigenvalue weighted by atomic mass is 16.4. The van der Waals surface area contributed by atoms with Gasteiger partial charge >= 0.3 is 5.91 Å². The first-order valence-electron chi connectivity index (χ1n) is 16.8. The van der Waals surface area contributed by atoms with Crippen molar-refractivity contribution < 1.29 is 23.6 Å². The minimum atomic E-state index is -0.595. The second kappa shape index (κ2) is 14.0. The van der Waals surface area contributed by atoms with Gasteiger partial charge in [-0.15, -0.1) is 0 Å². The minimum absolute atomic E-state index is 0.00372. The van der Waals surface area contributed by atoms with E-state index in [0.29, 0.717) is 43.9 Å². The lowest BCUT2D eigenvalue weighted by Crippen LogP contribution is -2.43. The molecule has 12 nitrogen and oxygen atoms in total. The summed E-state index contributed by atoms with van der Waals surface area (Å²) in [5.74, 6) is -1.05. The molecule has 2 aliphatic heterocycles. The average molecular weight is 674 g/mol. The lowest BCUT2D eigenvalue weighted by atomic mass is 10.0. The van der Waals surface area contributed by atoms with Crippen molar-refractivity contribution in [2.75, 3.05) is 44.4 Å². The fourth-order valence-electron chi connectivity index (χ4n) is 6.95. The third-order valence-electron chi connectivity index (χ3n) is 9.52. The first-order chi connectivity index (χ1) is 24.2. The molecule has 1 unspecified atom stereocenters. The Kier molecular flexibility index (Phi) is 9.18. The van der Waals surface area contributed by atoms with Crippen LogP contribution in [0, 0.1) is 5.92 Å². The van der Waals surface area contributed by atoms with E-state index in [2.05, 4.69) is 20.6 Å². The normalized spacial score (nSPS) is 18.1. The summed E-state index contributed by atoms with van der Waals surface area (Å²) in [5, 5.41) is 6.93. The largest absolute Gasteiger partial charge is 0.441 e. The molecule has 2 aromatic heterocycles. The van der Waals surface area contributed by atoms with Gasteiger partial charge in [0.2, 0.25) is 17.7 Å². The topological polar surface area (TPSA) is 144 Å². The molecule has 0 spiro atoms. The lowest BCUT2D eigenvalue weighted by molar-refractivity contribution is -0.135. The SMILES string of the molecule is CN(C)[C@@H](C(=O)N1CCC(C(=O)Nc2ccc3[nH]c(-c4ccc(NC(=O)[C@@H]5CCCN5C(=O)c5ncco5)cc4)cc3c2)C1)c1ccccc1. The number of anilines is 2. The van der Waals surface area contributed by atoms with Gasteiger partial charge in [0.1, 0.15) is 18.3 Å². The van der Waals surface area contributed by atoms with Crippen LogP contribution in [-0.2, 0) is 14.4 Å². The van der Waals surface area contributed by atoms with Crippen LogP contribution >= 0.6 is 0 Å². The summed E-state index contributed by atoms with van der Waals surface area (Å²) in [6.07, 6.45) is 4.65. The van der Waals surface area contributed by atoms with Crippen molar-refractivity contribution in [1.29, 1.82) is 0 Å². The van der Waals surface area contributed by atoms with Crippen LogP contribution in [-0.4, -0.2) is 88.1 Å². The third kappa shape index (κ3) is 6.74. The smallest absolute Gasteiger partial charge is 0.310 e. The van der Waals surface area contributed by atoms with Crippen molar-refractivity contribution in [3.05, 3.63) is 103 Å². The Morgan fingerprint density at radius 1 is 0.900 bits per heavy atom. The standard InChI is InChI=1S/C38H39N7O5/c1-43(2)33(25-7-4-3-5-8-25)37(48)44-19-16-26(23-44)34(46)41-29-14-15-30-27(21-29)22-31(42-30)24-10-12-28(13-11-24)40-35(47)32-9-6-18-45(32)38(49)36-39-17-20-50-36/h3-5,7-8,10-15,17,20-22,26,32-33,42H,6,9,16,18-19,23H2,1-2H3,(H,40,47)(H,41,46)/t26?,32-,33+/m0/s1. The van der Waals surface area contributed by atoms with Gasteiger partial charge in [-0.25, -0.2) is 4.98 Å². The number of carbonyl (C=O) groups excluding carboxylic acids is 4. The molecule has 4 heterocycles. The van der Waals surface area contributed by atoms with Gasteiger partial charge in [-0.1, -0.05) is 42.5 Å². The van der Waals surface area contributed by atoms with Crippen molar-refractivity contribution in [3.8, 4) is 11.3 Å². The molecule has 5 aromatic rings. The van der Waals surface area contributed by atoms with Crippen molar-refractivity contribution in [3.63, 3.8) is 0 Å². The van der Waals surface area contributed by atoms with Crippen LogP contribution in [0.3, 0.4) is 0 Å². The Balaban J connectivity index is 0.962. The van der Waals surface area contributed by atoms with E-state index >= 15 is 0 Å². The van der Waals surface area contributed by atoms with Gasteiger partial charge in [0.15, 0.2) is 0 Å². The number of H-pyrrole nitrogens is 1. The second-order valence-electron chi connectivity index (χ2n) is 13.1. The van der Waals surface area contributed by atoms with Gasteiger partial charge in [0, 0.05) is 47.6 Å². The van der Waals surface area contributed by atoms with E-state index in [1.807, 2.05) is 97.9 Å². The second-order valence-corrected chi connectivity index (χ2v) is 13.1. The number of carbonyl (C=O) groups is 4. The number of nitrogens with zero attached hydrogens (tertiary/aromatic N) is 4. The molecule has 0 bridgehead atoms. The number of hydrogen-bond donors (Lipinski definition) is 3. The predicted octanol–water partition coefficient (Wildman–Crippen LogP) is 5.16. The molecule has 0 radical (unpaired) electrons. The molecular weight excluding hydrogens is 634 g/mol. The lowest BCUT2D eigenvalue weighted by Gasteiger charge is -2.28. The molecule has 2 fully saturated rings. The number of oxazole rings is 1. The maximum atomic E-state index is 13.5. The Morgan fingerprint density at radius 2 is 1.66 bits per heavy atom. The Hall–Kier alpha value is -5.75. The number of amides is 4. The van der Waals surface area contributed by atoms with Crippen LogP contribution in [0.25, 0.3) is 22.2 Å². The Labute approximate surface area is 289 Å². The number of hydrogen-bond acceptors (Lipinski definition) is 7. The third-order valence-corrected chi connectivity index (χ3v) is 9.52. The van der Waals surface area contributed by atoms with Gasteiger partial charge in [0.05, 0.1) is 12.1 Å². The van der Waals surface area contributed by atoms with Gasteiger partial charge in [-0.3, -0.25) is 24.1 Å². The summed E-state index contributed by atoms with van der Waals surface area (Å²) in [6, 6.07) is 24.0. The predicted molar refractivity (Wildman–Crippen MR) is 189 cm³/mol. The van der Waals surface area contributed by atoms with E-state index < -0.39 is 12.1 Å². The summed E-state index contributed by atoms with van der Waals surface area (Å²) in [5.41, 5.74) is 4.98. The summed E-state index contributed by atoms with van der Waals surface area (Å²) in [6.45, 7) is 1.39. The molecular formula is C38H39N7O5. The number of aromatic amines is 1. The molecule has 12 heteroatoms. The molecule has 50 heavy (non-hydrogen) atoms. The van der Waals surface area contributed by atoms with E-state index in [1.165, 1.54) is 17.4 Å². The van der Waals surface area contributed by atoms with Crippen LogP contribution in [0.15, 0.2) is 95.7 Å². The van der Waals surface area contributed by atoms with E-state index in [9.17, 15) is 19.2 Å². The van der Waals surface area contributed by atoms with Crippen LogP contribution in [0.4, 0.5) is 11.4 Å². The number of likely N-dealkylation sites (tertiary alicyclic amines) is 2. The van der Waals surface area contributed by atoms with Gasteiger partial charge in [-0.05, 0) is 80.9 Å². The quantitative estimate of drug-likeness (QED) is 0.196. The maximum Gasteiger partial charge on any atom is 0.310 e. The molecule has 0 saturated carbocycles. The van der Waals surface area contributed by atoms with E-state index in [1.54, 1.807) is 4.90 Å². The molecule has 4 amide bonds. The molecule has 3 N–H and O–H groups in total. The molecule has 256 valence electrons. The average Bonchev–Trinajstić information content (AvgIpc) is 3.95. The van der Waals surface area contributed by atoms with E-state index in [-0.39, 0.29) is 35.4 Å². The molecule has 2 saturated heterocycles. The van der Waals surface area contributed by atoms with Crippen molar-refractivity contribution in [2.24, 2.45) is 5.92 Å². The van der Waals surface area contributed by atoms with Crippen molar-refractivity contribution in [2.45, 2.75) is 31.3 Å². The molecule has 0 aliphatic carbocycles. The van der Waals surface area contributed by atoms with Crippen molar-refractivity contribution in [1.82, 2.24) is 24.7 Å². The number of nitrogens with one attached hydrogen (secondary N) is 3. The molecule has 3 atom stereocenters. The van der Waals surface area contributed by atoms with Crippen LogP contribution < -0.4 is 10.6 Å². The van der Waals surface area contributed by atoms with Crippen LogP contribution in [0.5, 0.6) is 0 Å². The monoisotopic (exact) mass is 673 g/mol. The Morgan fingerprint density at radius 3 is 2.40 bits per heavy atom. The number of fused-ring (bicyclic) bond motifs is 1. The zero-order chi connectivity index (χ0) is 34.8. The van der Waals surface area contributed by atoms with E-state index in [0.717, 1.165) is 34.1 Å². The van der Waals surface area contributed by atoms with Gasteiger partial charge in [0.25, 0.3) is 5.89 Å². The fraction of sp³-hybridized carbons (Fsp3) is 0.289. The highest BCUT2D eigenvalue weighted by Gasteiger charge is 2.37. The number of likely N-dealkylation sites (N-methyl/N-ethyl adjacent to an activating group) is 1. The van der Waals surface area contributed by atoms with Gasteiger partial charge in [-0.2, -0.15) is 0 Å². The number of aromatic nitrogens is 2. The number of rotatable bonds is 9. The molecule has 7 rings (SSSR count). The summed E-state index contributed by atoms with van der Waals surface area (Å²) in [4.78, 5) is 65.2. The minimum Gasteiger partial charge on any atom is -0.441 e. The van der Waals surface area contributed by atoms with Crippen molar-refractivity contribution >= 4 is 45.9 Å². The summed E-state index contributed by atoms with van der Waals surface area (Å²) < 4.78 is 5.14. The Bertz CT molecular complexity index is 2010. The maximum absolute atomic E-state index is 13.5. The first-order valence-corrected chi connectivity index (χ1v) is 16.8. The highest BCUT2D eigenvalue weighted by Crippen LogP contribution is 2.30. The summed E-state index contributed by atoms with van der Waals surface area (Å²) >= 11 is 0. The summed E-state index contributed by atoms with van der Waals surface area (Å²) in [7, 11) is 3.79. The highest BCUT2D eigenvalue weighted by molar-refractivity contribution is 6.00. The zero-order valence-electron chi connectivity index (χ0n) is 28.0. The first kappa shape index (κ1) is 32.8. The van der Waals surface area contributed by atoms with Crippen LogP contribution in [0.2, 0.25) is 0 Å². The van der Waals surface area contributed by atoms with Gasteiger partial charge < -0.3 is 29.8 Å². The van der Waals surface area contributed by atoms with E-state index in [4.69, 9.17) is 4.42 Å². The number of benzene rings is 3. The fourth-order valence-corrected chi connectivity index (χ4v) is 6.95. The molecule has 3 aromatic carbocycles.